The van der Waals surface area contributed by atoms with E-state index in [0.717, 1.165) is 12.2 Å². The van der Waals surface area contributed by atoms with Gasteiger partial charge in [-0.3, -0.25) is 0 Å². The van der Waals surface area contributed by atoms with Crippen molar-refractivity contribution in [1.82, 2.24) is 0 Å². The van der Waals surface area contributed by atoms with Gasteiger partial charge in [-0.05, 0) is 105 Å². The average Bonchev–Trinajstić information content (AvgIpc) is 3.05. The summed E-state index contributed by atoms with van der Waals surface area (Å²) >= 11 is 0. The molecule has 0 N–H and O–H groups in total. The number of ether oxygens (including phenoxy) is 6. The summed E-state index contributed by atoms with van der Waals surface area (Å²) in [5, 5.41) is 0. The number of rotatable bonds is 18. The molecule has 0 aliphatic rings. The van der Waals surface area contributed by atoms with Crippen LogP contribution in [0.25, 0.3) is 0 Å². The van der Waals surface area contributed by atoms with E-state index in [0.29, 0.717) is 91.8 Å². The summed E-state index contributed by atoms with van der Waals surface area (Å²) in [4.78, 5) is 47.4. The second kappa shape index (κ2) is 19.8. The maximum atomic E-state index is 12.7. The van der Waals surface area contributed by atoms with Crippen LogP contribution in [-0.4, -0.2) is 50.3 Å². The Balaban J connectivity index is 0.00000736. The lowest BCUT2D eigenvalue weighted by molar-refractivity contribution is -0.138. The molecule has 0 bridgehead atoms. The van der Waals surface area contributed by atoms with Gasteiger partial charge in [-0.15, -0.1) is 0 Å². The Kier molecular flexibility index (Phi) is 15.9. The third-order valence-corrected chi connectivity index (χ3v) is 6.18. The zero-order chi connectivity index (χ0) is 32.4. The molecule has 46 heavy (non-hydrogen) atoms. The van der Waals surface area contributed by atoms with Gasteiger partial charge in [0.25, 0.3) is 0 Å². The third-order valence-electron chi connectivity index (χ3n) is 6.18. The molecule has 10 heteroatoms. The van der Waals surface area contributed by atoms with E-state index in [2.05, 4.69) is 13.2 Å². The van der Waals surface area contributed by atoms with Gasteiger partial charge in [0, 0.05) is 12.2 Å². The van der Waals surface area contributed by atoms with Gasteiger partial charge in [0.1, 0.15) is 23.0 Å². The molecule has 0 aromatic heterocycles. The molecular formula is C36H40O10. The second-order valence-electron chi connectivity index (χ2n) is 9.61. The lowest BCUT2D eigenvalue weighted by atomic mass is 10.2. The Hall–Kier alpha value is -5.38. The summed E-state index contributed by atoms with van der Waals surface area (Å²) < 4.78 is 32.2. The molecule has 0 radical (unpaired) electrons. The van der Waals surface area contributed by atoms with E-state index in [1.807, 2.05) is 0 Å². The number of benzene rings is 3. The van der Waals surface area contributed by atoms with Crippen LogP contribution in [0.2, 0.25) is 0 Å². The minimum atomic E-state index is -0.548. The van der Waals surface area contributed by atoms with E-state index in [-0.39, 0.29) is 7.43 Å². The molecule has 10 nitrogen and oxygen atoms in total. The zero-order valence-corrected chi connectivity index (χ0v) is 25.2. The number of hydrogen-bond acceptors (Lipinski definition) is 10. The second-order valence-corrected chi connectivity index (χ2v) is 9.61. The first-order chi connectivity index (χ1) is 21.8. The first-order valence-electron chi connectivity index (χ1n) is 14.4. The predicted octanol–water partition coefficient (Wildman–Crippen LogP) is 6.85. The molecule has 244 valence electrons. The molecule has 0 atom stereocenters. The fourth-order valence-electron chi connectivity index (χ4n) is 3.75. The maximum Gasteiger partial charge on any atom is 0.343 e. The molecule has 0 heterocycles. The zero-order valence-electron chi connectivity index (χ0n) is 25.2. The van der Waals surface area contributed by atoms with Crippen LogP contribution in [0.1, 0.15) is 59.4 Å². The Bertz CT molecular complexity index is 1460. The standard InChI is InChI=1S/C35H36O10.CH4/c1-4-32(36)42-22-8-6-20-40-28-14-10-26(11-15-28)34(38)44-30-18-19-31(25(3)24-30)45-35(39)27-12-16-29(17-13-27)41-21-7-9-23-43-33(37)5-2;/h4-5,10-19,24H,1-2,6-9,20-23H2,3H3;1H4. The van der Waals surface area contributed by atoms with Crippen molar-refractivity contribution in [3.05, 3.63) is 109 Å². The quantitative estimate of drug-likeness (QED) is 0.0637. The van der Waals surface area contributed by atoms with Crippen LogP contribution in [0.4, 0.5) is 0 Å². The molecule has 0 aliphatic carbocycles. The largest absolute Gasteiger partial charge is 0.494 e. The molecule has 0 amide bonds. The molecule has 3 aromatic carbocycles. The number of esters is 4. The van der Waals surface area contributed by atoms with Crippen LogP contribution in [0, 0.1) is 6.92 Å². The van der Waals surface area contributed by atoms with Gasteiger partial charge in [-0.1, -0.05) is 20.6 Å². The SMILES string of the molecule is C.C=CC(=O)OCCCCOc1ccc(C(=O)Oc2ccc(OC(=O)c3ccc(OCCCCOC(=O)C=C)cc3)c(C)c2)cc1. The van der Waals surface area contributed by atoms with Gasteiger partial charge < -0.3 is 28.4 Å². The van der Waals surface area contributed by atoms with Crippen molar-refractivity contribution in [2.45, 2.75) is 40.0 Å². The third kappa shape index (κ3) is 12.7. The van der Waals surface area contributed by atoms with Gasteiger partial charge in [0.05, 0.1) is 37.6 Å². The van der Waals surface area contributed by atoms with Crippen LogP contribution in [0.5, 0.6) is 23.0 Å². The summed E-state index contributed by atoms with van der Waals surface area (Å²) in [5.41, 5.74) is 1.29. The first kappa shape index (κ1) is 36.8. The monoisotopic (exact) mass is 632 g/mol. The van der Waals surface area contributed by atoms with Crippen molar-refractivity contribution >= 4 is 23.9 Å². The van der Waals surface area contributed by atoms with E-state index in [1.54, 1.807) is 73.7 Å². The normalized spacial score (nSPS) is 10.0. The maximum absolute atomic E-state index is 12.7. The first-order valence-corrected chi connectivity index (χ1v) is 14.4. The predicted molar refractivity (Wildman–Crippen MR) is 172 cm³/mol. The average molecular weight is 633 g/mol. The minimum Gasteiger partial charge on any atom is -0.494 e. The highest BCUT2D eigenvalue weighted by Gasteiger charge is 2.14. The lowest BCUT2D eigenvalue weighted by Gasteiger charge is -2.11. The van der Waals surface area contributed by atoms with Crippen LogP contribution in [0.15, 0.2) is 92.0 Å². The molecule has 0 saturated carbocycles. The summed E-state index contributed by atoms with van der Waals surface area (Å²) in [6, 6.07) is 17.8. The van der Waals surface area contributed by atoms with Gasteiger partial charge >= 0.3 is 23.9 Å². The lowest BCUT2D eigenvalue weighted by Crippen LogP contribution is -2.11. The van der Waals surface area contributed by atoms with Crippen LogP contribution < -0.4 is 18.9 Å². The number of carbonyl (C=O) groups excluding carboxylic acids is 4. The van der Waals surface area contributed by atoms with Crippen molar-refractivity contribution in [3.63, 3.8) is 0 Å². The fraction of sp³-hybridized carbons (Fsp3) is 0.278. The summed E-state index contributed by atoms with van der Waals surface area (Å²) in [5.74, 6) is -0.166. The number of hydrogen-bond donors (Lipinski definition) is 0. The van der Waals surface area contributed by atoms with Gasteiger partial charge in [0.2, 0.25) is 0 Å². The van der Waals surface area contributed by atoms with Crippen LogP contribution in [-0.2, 0) is 19.1 Å². The summed E-state index contributed by atoms with van der Waals surface area (Å²) in [6.07, 6.45) is 4.95. The van der Waals surface area contributed by atoms with E-state index >= 15 is 0 Å². The van der Waals surface area contributed by atoms with Crippen molar-refractivity contribution < 1.29 is 47.6 Å². The van der Waals surface area contributed by atoms with Crippen LogP contribution in [0.3, 0.4) is 0 Å². The van der Waals surface area contributed by atoms with Crippen molar-refractivity contribution in [2.24, 2.45) is 0 Å². The Morgan fingerprint density at radius 3 is 1.43 bits per heavy atom. The van der Waals surface area contributed by atoms with E-state index < -0.39 is 23.9 Å². The van der Waals surface area contributed by atoms with Gasteiger partial charge in [-0.2, -0.15) is 0 Å². The fourth-order valence-corrected chi connectivity index (χ4v) is 3.75. The van der Waals surface area contributed by atoms with Gasteiger partial charge in [0.15, 0.2) is 0 Å². The Morgan fingerprint density at radius 1 is 0.587 bits per heavy atom. The van der Waals surface area contributed by atoms with Gasteiger partial charge in [-0.25, -0.2) is 19.2 Å². The van der Waals surface area contributed by atoms with Crippen molar-refractivity contribution in [1.29, 1.82) is 0 Å². The number of unbranched alkanes of at least 4 members (excludes halogenated alkanes) is 2. The molecule has 3 rings (SSSR count). The van der Waals surface area contributed by atoms with E-state index in [4.69, 9.17) is 28.4 Å². The van der Waals surface area contributed by atoms with E-state index in [1.165, 1.54) is 0 Å². The molecule has 0 unspecified atom stereocenters. The molecular weight excluding hydrogens is 592 g/mol. The van der Waals surface area contributed by atoms with Crippen LogP contribution >= 0.6 is 0 Å². The smallest absolute Gasteiger partial charge is 0.343 e. The molecule has 0 fully saturated rings. The molecule has 0 aliphatic heterocycles. The molecule has 3 aromatic rings. The number of aryl methyl sites for hydroxylation is 1. The highest BCUT2D eigenvalue weighted by molar-refractivity contribution is 5.92. The highest BCUT2D eigenvalue weighted by atomic mass is 16.5. The number of carbonyl (C=O) groups is 4. The van der Waals surface area contributed by atoms with Crippen molar-refractivity contribution in [2.75, 3.05) is 26.4 Å². The molecule has 0 saturated heterocycles. The summed E-state index contributed by atoms with van der Waals surface area (Å²) in [7, 11) is 0. The molecule has 0 spiro atoms. The van der Waals surface area contributed by atoms with E-state index in [9.17, 15) is 19.2 Å². The highest BCUT2D eigenvalue weighted by Crippen LogP contribution is 2.26. The Morgan fingerprint density at radius 2 is 1.00 bits per heavy atom. The van der Waals surface area contributed by atoms with Crippen molar-refractivity contribution in [3.8, 4) is 23.0 Å². The Labute approximate surface area is 269 Å². The minimum absolute atomic E-state index is 0. The summed E-state index contributed by atoms with van der Waals surface area (Å²) in [6.45, 7) is 9.89. The topological polar surface area (TPSA) is 124 Å².